The van der Waals surface area contributed by atoms with Crippen LogP contribution < -0.4 is 10.2 Å². The van der Waals surface area contributed by atoms with Crippen molar-refractivity contribution in [3.63, 3.8) is 0 Å². The van der Waals surface area contributed by atoms with E-state index in [1.807, 2.05) is 7.05 Å². The van der Waals surface area contributed by atoms with Gasteiger partial charge in [-0.15, -0.1) is 11.3 Å². The van der Waals surface area contributed by atoms with Gasteiger partial charge < -0.3 is 10.2 Å². The second-order valence-corrected chi connectivity index (χ2v) is 6.45. The van der Waals surface area contributed by atoms with Gasteiger partial charge in [-0.05, 0) is 59.0 Å². The lowest BCUT2D eigenvalue weighted by atomic mass is 10.1. The van der Waals surface area contributed by atoms with Crippen LogP contribution in [0, 0.1) is 0 Å². The standard InChI is InChI=1S/C15H19BrN2S/c1-11(15-5-4-8-19-15)18(3)14-7-6-12(10-17-2)9-13(14)16/h4-9,11,17H,10H2,1-3H3. The van der Waals surface area contributed by atoms with E-state index in [4.69, 9.17) is 0 Å². The van der Waals surface area contributed by atoms with Gasteiger partial charge in [0.15, 0.2) is 0 Å². The third-order valence-electron chi connectivity index (χ3n) is 3.31. The molecule has 0 radical (unpaired) electrons. The van der Waals surface area contributed by atoms with E-state index in [-0.39, 0.29) is 0 Å². The van der Waals surface area contributed by atoms with E-state index in [9.17, 15) is 0 Å². The van der Waals surface area contributed by atoms with Gasteiger partial charge in [-0.2, -0.15) is 0 Å². The number of benzene rings is 1. The van der Waals surface area contributed by atoms with Gasteiger partial charge in [0.05, 0.1) is 11.7 Å². The second-order valence-electron chi connectivity index (χ2n) is 4.62. The summed E-state index contributed by atoms with van der Waals surface area (Å²) in [6.07, 6.45) is 0. The zero-order valence-electron chi connectivity index (χ0n) is 11.5. The fraction of sp³-hybridized carbons (Fsp3) is 0.333. The van der Waals surface area contributed by atoms with Gasteiger partial charge in [0.25, 0.3) is 0 Å². The Morgan fingerprint density at radius 1 is 1.37 bits per heavy atom. The summed E-state index contributed by atoms with van der Waals surface area (Å²) in [5.41, 5.74) is 2.51. The first kappa shape index (κ1) is 14.6. The molecule has 0 saturated heterocycles. The van der Waals surface area contributed by atoms with Crippen LogP contribution in [0.5, 0.6) is 0 Å². The maximum atomic E-state index is 3.68. The molecule has 0 spiro atoms. The predicted octanol–water partition coefficient (Wildman–Crippen LogP) is 4.43. The summed E-state index contributed by atoms with van der Waals surface area (Å²) in [5.74, 6) is 0. The average Bonchev–Trinajstić information content (AvgIpc) is 2.91. The lowest BCUT2D eigenvalue weighted by molar-refractivity contribution is 0.751. The van der Waals surface area contributed by atoms with Crippen molar-refractivity contribution in [2.45, 2.75) is 19.5 Å². The highest BCUT2D eigenvalue weighted by molar-refractivity contribution is 9.10. The molecule has 0 aliphatic rings. The van der Waals surface area contributed by atoms with Crippen LogP contribution in [0.3, 0.4) is 0 Å². The summed E-state index contributed by atoms with van der Waals surface area (Å²) in [4.78, 5) is 3.69. The van der Waals surface area contributed by atoms with Crippen molar-refractivity contribution in [3.05, 3.63) is 50.6 Å². The number of hydrogen-bond acceptors (Lipinski definition) is 3. The molecule has 0 aliphatic carbocycles. The molecule has 4 heteroatoms. The van der Waals surface area contributed by atoms with E-state index >= 15 is 0 Å². The molecule has 1 heterocycles. The molecule has 0 fully saturated rings. The number of anilines is 1. The van der Waals surface area contributed by atoms with Crippen LogP contribution >= 0.6 is 27.3 Å². The number of nitrogens with zero attached hydrogens (tertiary/aromatic N) is 1. The second kappa shape index (κ2) is 6.55. The normalized spacial score (nSPS) is 12.4. The van der Waals surface area contributed by atoms with Gasteiger partial charge >= 0.3 is 0 Å². The number of rotatable bonds is 5. The molecule has 2 rings (SSSR count). The molecule has 2 nitrogen and oxygen atoms in total. The van der Waals surface area contributed by atoms with E-state index in [2.05, 4.69) is 75.8 Å². The monoisotopic (exact) mass is 338 g/mol. The minimum absolute atomic E-state index is 0.381. The molecule has 1 unspecified atom stereocenters. The van der Waals surface area contributed by atoms with Crippen LogP contribution in [0.4, 0.5) is 5.69 Å². The number of nitrogens with one attached hydrogen (secondary N) is 1. The largest absolute Gasteiger partial charge is 0.366 e. The lowest BCUT2D eigenvalue weighted by Crippen LogP contribution is -2.21. The van der Waals surface area contributed by atoms with Gasteiger partial charge in [0, 0.05) is 22.9 Å². The fourth-order valence-corrected chi connectivity index (χ4v) is 3.61. The molecule has 1 N–H and O–H groups in total. The first-order chi connectivity index (χ1) is 9.13. The molecule has 1 atom stereocenters. The minimum atomic E-state index is 0.381. The maximum absolute atomic E-state index is 3.68. The summed E-state index contributed by atoms with van der Waals surface area (Å²) >= 11 is 5.49. The Kier molecular flexibility index (Phi) is 5.02. The van der Waals surface area contributed by atoms with Crippen molar-refractivity contribution in [1.29, 1.82) is 0 Å². The van der Waals surface area contributed by atoms with Gasteiger partial charge in [-0.1, -0.05) is 12.1 Å². The highest BCUT2D eigenvalue weighted by Crippen LogP contribution is 2.33. The van der Waals surface area contributed by atoms with E-state index < -0.39 is 0 Å². The minimum Gasteiger partial charge on any atom is -0.366 e. The van der Waals surface area contributed by atoms with Crippen LogP contribution in [-0.4, -0.2) is 14.1 Å². The molecule has 2 aromatic rings. The Balaban J connectivity index is 2.21. The van der Waals surface area contributed by atoms with E-state index in [1.165, 1.54) is 16.1 Å². The van der Waals surface area contributed by atoms with Gasteiger partial charge in [-0.3, -0.25) is 0 Å². The molecule has 0 saturated carbocycles. The summed E-state index contributed by atoms with van der Waals surface area (Å²) in [6, 6.07) is 11.2. The summed E-state index contributed by atoms with van der Waals surface area (Å²) < 4.78 is 1.14. The summed E-state index contributed by atoms with van der Waals surface area (Å²) in [6.45, 7) is 3.13. The SMILES string of the molecule is CNCc1ccc(N(C)C(C)c2cccs2)c(Br)c1. The van der Waals surface area contributed by atoms with Crippen molar-refractivity contribution in [2.24, 2.45) is 0 Å². The topological polar surface area (TPSA) is 15.3 Å². The first-order valence-corrected chi connectivity index (χ1v) is 8.00. The fourth-order valence-electron chi connectivity index (χ4n) is 2.08. The number of halogens is 1. The molecule has 0 amide bonds. The number of thiophene rings is 1. The van der Waals surface area contributed by atoms with Crippen LogP contribution in [-0.2, 0) is 6.54 Å². The molecule has 0 aliphatic heterocycles. The summed E-state index contributed by atoms with van der Waals surface area (Å²) in [5, 5.41) is 5.30. The van der Waals surface area contributed by atoms with Crippen molar-refractivity contribution in [2.75, 3.05) is 19.0 Å². The Morgan fingerprint density at radius 3 is 2.74 bits per heavy atom. The molecular formula is C15H19BrN2S. The Hall–Kier alpha value is -0.840. The smallest absolute Gasteiger partial charge is 0.0604 e. The van der Waals surface area contributed by atoms with Gasteiger partial charge in [-0.25, -0.2) is 0 Å². The Morgan fingerprint density at radius 2 is 2.16 bits per heavy atom. The van der Waals surface area contributed by atoms with Crippen LogP contribution in [0.15, 0.2) is 40.2 Å². The molecule has 19 heavy (non-hydrogen) atoms. The Bertz CT molecular complexity index is 525. The van der Waals surface area contributed by atoms with E-state index in [0.29, 0.717) is 6.04 Å². The molecule has 0 bridgehead atoms. The molecule has 102 valence electrons. The molecule has 1 aromatic heterocycles. The quantitative estimate of drug-likeness (QED) is 0.867. The van der Waals surface area contributed by atoms with Crippen LogP contribution in [0.1, 0.15) is 23.4 Å². The number of hydrogen-bond donors (Lipinski definition) is 1. The van der Waals surface area contributed by atoms with Gasteiger partial charge in [0.1, 0.15) is 0 Å². The van der Waals surface area contributed by atoms with E-state index in [0.717, 1.165) is 11.0 Å². The molecular weight excluding hydrogens is 320 g/mol. The Labute approximate surface area is 127 Å². The zero-order chi connectivity index (χ0) is 13.8. The lowest BCUT2D eigenvalue weighted by Gasteiger charge is -2.27. The van der Waals surface area contributed by atoms with Crippen molar-refractivity contribution >= 4 is 33.0 Å². The maximum Gasteiger partial charge on any atom is 0.0604 e. The zero-order valence-corrected chi connectivity index (χ0v) is 13.9. The molecule has 1 aromatic carbocycles. The highest BCUT2D eigenvalue weighted by atomic mass is 79.9. The first-order valence-electron chi connectivity index (χ1n) is 6.32. The predicted molar refractivity (Wildman–Crippen MR) is 88.0 cm³/mol. The van der Waals surface area contributed by atoms with Crippen LogP contribution in [0.2, 0.25) is 0 Å². The average molecular weight is 339 g/mol. The van der Waals surface area contributed by atoms with Crippen molar-refractivity contribution in [3.8, 4) is 0 Å². The van der Waals surface area contributed by atoms with Crippen molar-refractivity contribution in [1.82, 2.24) is 5.32 Å². The van der Waals surface area contributed by atoms with E-state index in [1.54, 1.807) is 11.3 Å². The van der Waals surface area contributed by atoms with Crippen molar-refractivity contribution < 1.29 is 0 Å². The summed E-state index contributed by atoms with van der Waals surface area (Å²) in [7, 11) is 4.11. The van der Waals surface area contributed by atoms with Crippen LogP contribution in [0.25, 0.3) is 0 Å². The third kappa shape index (κ3) is 3.38. The third-order valence-corrected chi connectivity index (χ3v) is 4.99. The highest BCUT2D eigenvalue weighted by Gasteiger charge is 2.15. The van der Waals surface area contributed by atoms with Gasteiger partial charge in [0.2, 0.25) is 0 Å².